The van der Waals surface area contributed by atoms with Gasteiger partial charge >= 0.3 is 0 Å². The zero-order valence-corrected chi connectivity index (χ0v) is 14.5. The molecule has 4 nitrogen and oxygen atoms in total. The van der Waals surface area contributed by atoms with Crippen molar-refractivity contribution in [1.82, 2.24) is 5.32 Å². The Balaban J connectivity index is 2.10. The van der Waals surface area contributed by atoms with Crippen LogP contribution in [0.2, 0.25) is 0 Å². The van der Waals surface area contributed by atoms with Gasteiger partial charge in [-0.15, -0.1) is 11.8 Å². The van der Waals surface area contributed by atoms with E-state index in [1.54, 1.807) is 0 Å². The van der Waals surface area contributed by atoms with Crippen molar-refractivity contribution in [2.45, 2.75) is 18.9 Å². The van der Waals surface area contributed by atoms with E-state index in [0.29, 0.717) is 0 Å². The van der Waals surface area contributed by atoms with Gasteiger partial charge in [-0.25, -0.2) is 0 Å². The molecular weight excluding hydrogens is 320 g/mol. The average Bonchev–Trinajstić information content (AvgIpc) is 2.56. The highest BCUT2D eigenvalue weighted by Crippen LogP contribution is 2.27. The molecule has 3 N–H and O–H groups in total. The second-order valence-corrected chi connectivity index (χ2v) is 6.60. The maximum atomic E-state index is 12.1. The molecule has 0 aliphatic heterocycles. The number of carbonyl (C=O) groups is 2. The van der Waals surface area contributed by atoms with Crippen LogP contribution in [0, 0.1) is 0 Å². The van der Waals surface area contributed by atoms with Crippen molar-refractivity contribution < 1.29 is 9.59 Å². The average molecular weight is 342 g/mol. The third kappa shape index (κ3) is 5.42. The Morgan fingerprint density at radius 3 is 1.92 bits per heavy atom. The number of thioether (sulfide) groups is 1. The highest BCUT2D eigenvalue weighted by atomic mass is 32.2. The van der Waals surface area contributed by atoms with Crippen LogP contribution in [-0.2, 0) is 9.59 Å². The summed E-state index contributed by atoms with van der Waals surface area (Å²) in [5.74, 6) is -0.0537. The predicted molar refractivity (Wildman–Crippen MR) is 98.9 cm³/mol. The van der Waals surface area contributed by atoms with Crippen molar-refractivity contribution in [3.63, 3.8) is 0 Å². The van der Waals surface area contributed by atoms with E-state index in [4.69, 9.17) is 5.73 Å². The molecule has 2 amide bonds. The largest absolute Gasteiger partial charge is 0.369 e. The smallest absolute Gasteiger partial charge is 0.230 e. The lowest BCUT2D eigenvalue weighted by atomic mass is 9.86. The molecule has 0 aliphatic carbocycles. The fourth-order valence-corrected chi connectivity index (χ4v) is 3.29. The molecule has 2 aromatic rings. The second kappa shape index (κ2) is 9.13. The monoisotopic (exact) mass is 342 g/mol. The van der Waals surface area contributed by atoms with Gasteiger partial charge in [-0.05, 0) is 18.1 Å². The molecule has 0 heterocycles. The predicted octanol–water partition coefficient (Wildman–Crippen LogP) is 2.54. The number of nitrogens with one attached hydrogen (secondary N) is 1. The molecule has 0 aromatic heterocycles. The number of hydrogen-bond acceptors (Lipinski definition) is 3. The Morgan fingerprint density at radius 2 is 1.46 bits per heavy atom. The Hall–Kier alpha value is -2.27. The second-order valence-electron chi connectivity index (χ2n) is 5.61. The molecule has 0 saturated carbocycles. The minimum absolute atomic E-state index is 0.0671. The molecule has 1 unspecified atom stereocenters. The summed E-state index contributed by atoms with van der Waals surface area (Å²) in [6, 6.07) is 20.2. The van der Waals surface area contributed by atoms with Crippen LogP contribution in [0.5, 0.6) is 0 Å². The maximum Gasteiger partial charge on any atom is 0.230 e. The van der Waals surface area contributed by atoms with Crippen molar-refractivity contribution in [3.05, 3.63) is 71.8 Å². The SMILES string of the molecule is CC(NC(=O)CSCC(N)=O)C(c1ccccc1)c1ccccc1. The number of hydrogen-bond donors (Lipinski definition) is 2. The molecule has 0 spiro atoms. The molecule has 0 fully saturated rings. The molecular formula is C19H22N2O2S. The molecule has 0 radical (unpaired) electrons. The van der Waals surface area contributed by atoms with Crippen LogP contribution >= 0.6 is 11.8 Å². The summed E-state index contributed by atoms with van der Waals surface area (Å²) < 4.78 is 0. The number of rotatable bonds is 8. The van der Waals surface area contributed by atoms with Crippen molar-refractivity contribution in [2.75, 3.05) is 11.5 Å². The zero-order valence-electron chi connectivity index (χ0n) is 13.6. The van der Waals surface area contributed by atoms with Gasteiger partial charge in [0.15, 0.2) is 0 Å². The summed E-state index contributed by atoms with van der Waals surface area (Å²) in [5.41, 5.74) is 7.40. The fourth-order valence-electron chi connectivity index (χ4n) is 2.71. The minimum atomic E-state index is -0.410. The Morgan fingerprint density at radius 1 is 0.958 bits per heavy atom. The zero-order chi connectivity index (χ0) is 17.4. The number of benzene rings is 2. The summed E-state index contributed by atoms with van der Waals surface area (Å²) in [5, 5.41) is 3.04. The van der Waals surface area contributed by atoms with Gasteiger partial charge in [0.1, 0.15) is 0 Å². The van der Waals surface area contributed by atoms with Crippen molar-refractivity contribution in [2.24, 2.45) is 5.73 Å². The molecule has 0 aliphatic rings. The molecule has 2 rings (SSSR count). The van der Waals surface area contributed by atoms with E-state index in [2.05, 4.69) is 29.6 Å². The lowest BCUT2D eigenvalue weighted by Gasteiger charge is -2.26. The summed E-state index contributed by atoms with van der Waals surface area (Å²) in [4.78, 5) is 22.9. The normalized spacial score (nSPS) is 11.9. The van der Waals surface area contributed by atoms with Crippen LogP contribution in [0.1, 0.15) is 24.0 Å². The Kier molecular flexibility index (Phi) is 6.88. The van der Waals surface area contributed by atoms with Crippen LogP contribution in [-0.4, -0.2) is 29.4 Å². The highest BCUT2D eigenvalue weighted by molar-refractivity contribution is 8.00. The third-order valence-electron chi connectivity index (χ3n) is 3.68. The van der Waals surface area contributed by atoms with E-state index >= 15 is 0 Å². The molecule has 126 valence electrons. The summed E-state index contributed by atoms with van der Waals surface area (Å²) in [6.07, 6.45) is 0. The lowest BCUT2D eigenvalue weighted by Crippen LogP contribution is -2.38. The Labute approximate surface area is 146 Å². The first-order valence-corrected chi connectivity index (χ1v) is 8.98. The molecule has 24 heavy (non-hydrogen) atoms. The number of amides is 2. The van der Waals surface area contributed by atoms with Gasteiger partial charge in [0.25, 0.3) is 0 Å². The number of nitrogens with two attached hydrogens (primary N) is 1. The van der Waals surface area contributed by atoms with Crippen LogP contribution in [0.4, 0.5) is 0 Å². The lowest BCUT2D eigenvalue weighted by molar-refractivity contribution is -0.119. The molecule has 0 bridgehead atoms. The quantitative estimate of drug-likeness (QED) is 0.774. The maximum absolute atomic E-state index is 12.1. The van der Waals surface area contributed by atoms with Gasteiger partial charge < -0.3 is 11.1 Å². The van der Waals surface area contributed by atoms with Gasteiger partial charge in [-0.1, -0.05) is 60.7 Å². The third-order valence-corrected chi connectivity index (χ3v) is 4.64. The first-order chi connectivity index (χ1) is 11.6. The van der Waals surface area contributed by atoms with E-state index in [1.807, 2.05) is 43.3 Å². The van der Waals surface area contributed by atoms with Crippen molar-refractivity contribution >= 4 is 23.6 Å². The molecule has 5 heteroatoms. The molecule has 1 atom stereocenters. The number of carbonyl (C=O) groups excluding carboxylic acids is 2. The summed E-state index contributed by atoms with van der Waals surface area (Å²) in [6.45, 7) is 2.00. The van der Waals surface area contributed by atoms with Crippen LogP contribution in [0.25, 0.3) is 0 Å². The topological polar surface area (TPSA) is 72.2 Å². The van der Waals surface area contributed by atoms with Gasteiger partial charge in [0.05, 0.1) is 11.5 Å². The van der Waals surface area contributed by atoms with Gasteiger partial charge in [-0.2, -0.15) is 0 Å². The van der Waals surface area contributed by atoms with Gasteiger partial charge in [0, 0.05) is 12.0 Å². The van der Waals surface area contributed by atoms with Crippen LogP contribution in [0.15, 0.2) is 60.7 Å². The van der Waals surface area contributed by atoms with Gasteiger partial charge in [-0.3, -0.25) is 9.59 Å². The highest BCUT2D eigenvalue weighted by Gasteiger charge is 2.22. The standard InChI is InChI=1S/C19H22N2O2S/c1-14(21-18(23)13-24-12-17(20)22)19(15-8-4-2-5-9-15)16-10-6-3-7-11-16/h2-11,14,19H,12-13H2,1H3,(H2,20,22)(H,21,23). The van der Waals surface area contributed by atoms with E-state index in [-0.39, 0.29) is 29.4 Å². The minimum Gasteiger partial charge on any atom is -0.369 e. The van der Waals surface area contributed by atoms with Crippen LogP contribution in [0.3, 0.4) is 0 Å². The first-order valence-electron chi connectivity index (χ1n) is 7.83. The molecule has 2 aromatic carbocycles. The van der Waals surface area contributed by atoms with E-state index in [9.17, 15) is 9.59 Å². The number of primary amides is 1. The van der Waals surface area contributed by atoms with Crippen molar-refractivity contribution in [1.29, 1.82) is 0 Å². The summed E-state index contributed by atoms with van der Waals surface area (Å²) >= 11 is 1.23. The van der Waals surface area contributed by atoms with E-state index < -0.39 is 5.91 Å². The molecule has 0 saturated heterocycles. The fraction of sp³-hybridized carbons (Fsp3) is 0.263. The summed E-state index contributed by atoms with van der Waals surface area (Å²) in [7, 11) is 0. The van der Waals surface area contributed by atoms with E-state index in [1.165, 1.54) is 11.8 Å². The van der Waals surface area contributed by atoms with Crippen LogP contribution < -0.4 is 11.1 Å². The van der Waals surface area contributed by atoms with E-state index in [0.717, 1.165) is 11.1 Å². The van der Waals surface area contributed by atoms with Crippen molar-refractivity contribution in [3.8, 4) is 0 Å². The van der Waals surface area contributed by atoms with Gasteiger partial charge in [0.2, 0.25) is 11.8 Å². The first kappa shape index (κ1) is 18.1. The Bertz CT molecular complexity index is 622.